The van der Waals surface area contributed by atoms with Gasteiger partial charge in [-0.1, -0.05) is 29.8 Å². The Morgan fingerprint density at radius 2 is 1.81 bits per heavy atom. The van der Waals surface area contributed by atoms with E-state index in [1.54, 1.807) is 30.3 Å². The minimum atomic E-state index is -0.999. The molecular weight excluding hydrogens is 346 g/mol. The van der Waals surface area contributed by atoms with Gasteiger partial charge in [-0.25, -0.2) is 4.79 Å². The number of ketones is 1. The molecule has 0 aliphatic rings. The zero-order valence-electron chi connectivity index (χ0n) is 15.9. The first-order valence-corrected chi connectivity index (χ1v) is 8.57. The summed E-state index contributed by atoms with van der Waals surface area (Å²) in [5.74, 6) is -0.643. The molecule has 1 amide bonds. The van der Waals surface area contributed by atoms with Gasteiger partial charge in [0, 0.05) is 11.3 Å². The summed E-state index contributed by atoms with van der Waals surface area (Å²) in [4.78, 5) is 35.5. The van der Waals surface area contributed by atoms with Crippen LogP contribution in [0.1, 0.15) is 35.3 Å². The number of ether oxygens (including phenoxy) is 2. The third-order valence-corrected chi connectivity index (χ3v) is 3.89. The molecule has 0 unspecified atom stereocenters. The first kappa shape index (κ1) is 20.2. The summed E-state index contributed by atoms with van der Waals surface area (Å²) in [5.41, 5.74) is 2.96. The van der Waals surface area contributed by atoms with Crippen molar-refractivity contribution in [2.75, 3.05) is 11.9 Å². The van der Waals surface area contributed by atoms with Crippen LogP contribution in [0.3, 0.4) is 0 Å². The lowest BCUT2D eigenvalue weighted by Gasteiger charge is -2.15. The van der Waals surface area contributed by atoms with E-state index >= 15 is 0 Å². The maximum atomic E-state index is 12.2. The minimum absolute atomic E-state index is 0.103. The van der Waals surface area contributed by atoms with Crippen molar-refractivity contribution in [2.24, 2.45) is 0 Å². The number of anilines is 1. The molecule has 27 heavy (non-hydrogen) atoms. The summed E-state index contributed by atoms with van der Waals surface area (Å²) in [6.07, 6.45) is -0.999. The number of hydrogen-bond acceptors (Lipinski definition) is 5. The number of amides is 1. The van der Waals surface area contributed by atoms with Crippen LogP contribution in [0.4, 0.5) is 5.69 Å². The quantitative estimate of drug-likeness (QED) is 0.597. The molecule has 0 fully saturated rings. The Balaban J connectivity index is 1.87. The van der Waals surface area contributed by atoms with Crippen LogP contribution >= 0.6 is 0 Å². The van der Waals surface area contributed by atoms with E-state index < -0.39 is 18.0 Å². The zero-order valence-corrected chi connectivity index (χ0v) is 15.9. The molecule has 2 aromatic rings. The molecule has 2 rings (SSSR count). The van der Waals surface area contributed by atoms with Crippen molar-refractivity contribution in [3.63, 3.8) is 0 Å². The normalized spacial score (nSPS) is 11.4. The molecule has 0 saturated carbocycles. The van der Waals surface area contributed by atoms with Gasteiger partial charge < -0.3 is 14.8 Å². The number of esters is 1. The van der Waals surface area contributed by atoms with Crippen LogP contribution in [0.2, 0.25) is 0 Å². The van der Waals surface area contributed by atoms with Crippen molar-refractivity contribution < 1.29 is 23.9 Å². The second-order valence-corrected chi connectivity index (χ2v) is 6.32. The van der Waals surface area contributed by atoms with Gasteiger partial charge in [-0.05, 0) is 51.5 Å². The van der Waals surface area contributed by atoms with E-state index in [4.69, 9.17) is 9.47 Å². The van der Waals surface area contributed by atoms with Crippen LogP contribution in [0.25, 0.3) is 0 Å². The number of nitrogens with one attached hydrogen (secondary N) is 1. The Morgan fingerprint density at radius 1 is 1.07 bits per heavy atom. The largest absolute Gasteiger partial charge is 0.482 e. The van der Waals surface area contributed by atoms with Gasteiger partial charge in [0.1, 0.15) is 5.75 Å². The highest BCUT2D eigenvalue weighted by molar-refractivity contribution is 5.98. The Labute approximate surface area is 158 Å². The van der Waals surface area contributed by atoms with E-state index in [2.05, 4.69) is 5.32 Å². The van der Waals surface area contributed by atoms with Crippen LogP contribution in [0.5, 0.6) is 5.75 Å². The highest BCUT2D eigenvalue weighted by Gasteiger charge is 2.19. The Morgan fingerprint density at radius 3 is 2.48 bits per heavy atom. The summed E-state index contributed by atoms with van der Waals surface area (Å²) < 4.78 is 10.6. The SMILES string of the molecule is CC(=O)c1cccc(NC(=O)[C@H](C)OC(=O)COc2ccc(C)cc2C)c1. The topological polar surface area (TPSA) is 81.7 Å². The molecule has 0 saturated heterocycles. The molecule has 0 radical (unpaired) electrons. The predicted octanol–water partition coefficient (Wildman–Crippen LogP) is 3.46. The molecule has 142 valence electrons. The fraction of sp³-hybridized carbons (Fsp3) is 0.286. The number of benzene rings is 2. The third kappa shape index (κ3) is 5.95. The average Bonchev–Trinajstić information content (AvgIpc) is 2.61. The van der Waals surface area contributed by atoms with Gasteiger partial charge in [0.15, 0.2) is 18.5 Å². The van der Waals surface area contributed by atoms with Gasteiger partial charge in [-0.2, -0.15) is 0 Å². The first-order chi connectivity index (χ1) is 12.8. The molecule has 1 atom stereocenters. The van der Waals surface area contributed by atoms with Gasteiger partial charge in [0.2, 0.25) is 0 Å². The molecular formula is C21H23NO5. The maximum Gasteiger partial charge on any atom is 0.344 e. The van der Waals surface area contributed by atoms with Crippen molar-refractivity contribution in [3.8, 4) is 5.75 Å². The molecule has 0 heterocycles. The van der Waals surface area contributed by atoms with Crippen molar-refractivity contribution >= 4 is 23.3 Å². The predicted molar refractivity (Wildman–Crippen MR) is 102 cm³/mol. The van der Waals surface area contributed by atoms with Gasteiger partial charge in [-0.15, -0.1) is 0 Å². The Hall–Kier alpha value is -3.15. The molecule has 6 nitrogen and oxygen atoms in total. The molecule has 0 aliphatic carbocycles. The number of carbonyl (C=O) groups is 3. The standard InChI is InChI=1S/C21H23NO5/c1-13-8-9-19(14(2)10-13)26-12-20(24)27-16(4)21(25)22-18-7-5-6-17(11-18)15(3)23/h5-11,16H,12H2,1-4H3,(H,22,25)/t16-/m0/s1. The van der Waals surface area contributed by atoms with Crippen molar-refractivity contribution in [3.05, 3.63) is 59.2 Å². The molecule has 1 N–H and O–H groups in total. The van der Waals surface area contributed by atoms with Gasteiger partial charge in [0.05, 0.1) is 0 Å². The molecule has 0 spiro atoms. The van der Waals surface area contributed by atoms with E-state index in [9.17, 15) is 14.4 Å². The maximum absolute atomic E-state index is 12.2. The van der Waals surface area contributed by atoms with Crippen LogP contribution < -0.4 is 10.1 Å². The number of carbonyl (C=O) groups excluding carboxylic acids is 3. The fourth-order valence-electron chi connectivity index (χ4n) is 2.44. The highest BCUT2D eigenvalue weighted by atomic mass is 16.6. The first-order valence-electron chi connectivity index (χ1n) is 8.57. The number of hydrogen-bond donors (Lipinski definition) is 1. The van der Waals surface area contributed by atoms with Crippen LogP contribution in [-0.2, 0) is 14.3 Å². The highest BCUT2D eigenvalue weighted by Crippen LogP contribution is 2.18. The molecule has 2 aromatic carbocycles. The second-order valence-electron chi connectivity index (χ2n) is 6.32. The zero-order chi connectivity index (χ0) is 20.0. The summed E-state index contributed by atoms with van der Waals surface area (Å²) in [6.45, 7) is 6.48. The second kappa shape index (κ2) is 8.98. The monoisotopic (exact) mass is 369 g/mol. The van der Waals surface area contributed by atoms with E-state index in [0.29, 0.717) is 17.0 Å². The minimum Gasteiger partial charge on any atom is -0.482 e. The third-order valence-electron chi connectivity index (χ3n) is 3.89. The average molecular weight is 369 g/mol. The van der Waals surface area contributed by atoms with E-state index in [-0.39, 0.29) is 12.4 Å². The Kier molecular flexibility index (Phi) is 6.71. The molecule has 0 aliphatic heterocycles. The lowest BCUT2D eigenvalue weighted by molar-refractivity contribution is -0.155. The van der Waals surface area contributed by atoms with Crippen LogP contribution in [-0.4, -0.2) is 30.4 Å². The molecule has 0 aromatic heterocycles. The Bertz CT molecular complexity index is 859. The lowest BCUT2D eigenvalue weighted by Crippen LogP contribution is -2.31. The number of aryl methyl sites for hydroxylation is 2. The van der Waals surface area contributed by atoms with Gasteiger partial charge >= 0.3 is 5.97 Å². The van der Waals surface area contributed by atoms with Crippen molar-refractivity contribution in [1.82, 2.24) is 0 Å². The van der Waals surface area contributed by atoms with Crippen LogP contribution in [0, 0.1) is 13.8 Å². The molecule has 0 bridgehead atoms. The van der Waals surface area contributed by atoms with E-state index in [0.717, 1.165) is 11.1 Å². The van der Waals surface area contributed by atoms with Crippen molar-refractivity contribution in [1.29, 1.82) is 0 Å². The number of Topliss-reactive ketones (excluding diaryl/α,β-unsaturated/α-hetero) is 1. The van der Waals surface area contributed by atoms with Gasteiger partial charge in [0.25, 0.3) is 5.91 Å². The summed E-state index contributed by atoms with van der Waals surface area (Å²) in [6, 6.07) is 12.2. The molecule has 6 heteroatoms. The van der Waals surface area contributed by atoms with Crippen molar-refractivity contribution in [2.45, 2.75) is 33.8 Å². The van der Waals surface area contributed by atoms with Crippen LogP contribution in [0.15, 0.2) is 42.5 Å². The smallest absolute Gasteiger partial charge is 0.344 e. The van der Waals surface area contributed by atoms with E-state index in [1.165, 1.54) is 13.8 Å². The number of rotatable bonds is 7. The van der Waals surface area contributed by atoms with E-state index in [1.807, 2.05) is 26.0 Å². The lowest BCUT2D eigenvalue weighted by atomic mass is 10.1. The summed E-state index contributed by atoms with van der Waals surface area (Å²) in [5, 5.41) is 2.62. The summed E-state index contributed by atoms with van der Waals surface area (Å²) >= 11 is 0. The van der Waals surface area contributed by atoms with Gasteiger partial charge in [-0.3, -0.25) is 9.59 Å². The fourth-order valence-corrected chi connectivity index (χ4v) is 2.44. The summed E-state index contributed by atoms with van der Waals surface area (Å²) in [7, 11) is 0.